The zero-order valence-electron chi connectivity index (χ0n) is 17.8. The highest BCUT2D eigenvalue weighted by Gasteiger charge is 2.18. The fourth-order valence-electron chi connectivity index (χ4n) is 4.25. The van der Waals surface area contributed by atoms with Crippen LogP contribution >= 0.6 is 11.8 Å². The summed E-state index contributed by atoms with van der Waals surface area (Å²) in [4.78, 5) is 20.5. The Bertz CT molecular complexity index is 1030. The van der Waals surface area contributed by atoms with Crippen molar-refractivity contribution in [2.24, 2.45) is 5.92 Å². The van der Waals surface area contributed by atoms with Crippen molar-refractivity contribution in [3.8, 4) is 11.3 Å². The molecular weight excluding hydrogens is 392 g/mol. The molecule has 1 saturated carbocycles. The number of aryl methyl sites for hydroxylation is 1. The molecule has 2 aromatic heterocycles. The van der Waals surface area contributed by atoms with Crippen molar-refractivity contribution in [3.05, 3.63) is 63.2 Å². The van der Waals surface area contributed by atoms with Crippen molar-refractivity contribution in [2.75, 3.05) is 0 Å². The number of thioether (sulfide) groups is 1. The maximum absolute atomic E-state index is 12.6. The van der Waals surface area contributed by atoms with Gasteiger partial charge in [0.15, 0.2) is 5.16 Å². The predicted molar refractivity (Wildman–Crippen MR) is 123 cm³/mol. The van der Waals surface area contributed by atoms with Gasteiger partial charge in [-0.25, -0.2) is 4.98 Å². The average molecular weight is 423 g/mol. The molecule has 6 heteroatoms. The lowest BCUT2D eigenvalue weighted by molar-refractivity contribution is 0.352. The lowest BCUT2D eigenvalue weighted by Gasteiger charge is -2.22. The van der Waals surface area contributed by atoms with E-state index in [4.69, 9.17) is 4.98 Å². The average Bonchev–Trinajstić information content (AvgIpc) is 3.22. The third-order valence-corrected chi connectivity index (χ3v) is 6.90. The smallest absolute Gasteiger partial charge is 0.254 e. The molecule has 1 aliphatic carbocycles. The van der Waals surface area contributed by atoms with E-state index in [9.17, 15) is 4.79 Å². The minimum atomic E-state index is 0.0168. The first-order valence-corrected chi connectivity index (χ1v) is 12.0. The second-order valence-electron chi connectivity index (χ2n) is 8.29. The van der Waals surface area contributed by atoms with E-state index in [1.165, 1.54) is 37.7 Å². The summed E-state index contributed by atoms with van der Waals surface area (Å²) in [5.74, 6) is 1.33. The number of aromatic nitrogens is 4. The summed E-state index contributed by atoms with van der Waals surface area (Å²) in [5, 5.41) is 8.25. The van der Waals surface area contributed by atoms with Gasteiger partial charge in [-0.05, 0) is 37.3 Å². The minimum absolute atomic E-state index is 0.0168. The van der Waals surface area contributed by atoms with Crippen LogP contribution in [0.5, 0.6) is 0 Å². The van der Waals surface area contributed by atoms with Crippen molar-refractivity contribution < 1.29 is 0 Å². The van der Waals surface area contributed by atoms with E-state index in [2.05, 4.69) is 52.4 Å². The van der Waals surface area contributed by atoms with Crippen LogP contribution in [0, 0.1) is 12.8 Å². The lowest BCUT2D eigenvalue weighted by atomic mass is 9.85. The largest absolute Gasteiger partial charge is 0.301 e. The number of hydrogen-bond acceptors (Lipinski definition) is 4. The molecule has 2 N–H and O–H groups in total. The first-order chi connectivity index (χ1) is 14.6. The van der Waals surface area contributed by atoms with Gasteiger partial charge in [0.05, 0.1) is 17.1 Å². The molecule has 30 heavy (non-hydrogen) atoms. The molecule has 0 radical (unpaired) electrons. The molecule has 5 nitrogen and oxygen atoms in total. The van der Waals surface area contributed by atoms with Crippen LogP contribution in [0.4, 0.5) is 0 Å². The molecule has 1 aromatic carbocycles. The monoisotopic (exact) mass is 422 g/mol. The summed E-state index contributed by atoms with van der Waals surface area (Å²) >= 11 is 1.54. The van der Waals surface area contributed by atoms with Gasteiger partial charge in [-0.3, -0.25) is 9.89 Å². The van der Waals surface area contributed by atoms with Gasteiger partial charge in [0.25, 0.3) is 5.56 Å². The minimum Gasteiger partial charge on any atom is -0.301 e. The zero-order chi connectivity index (χ0) is 20.9. The molecule has 0 spiro atoms. The fourth-order valence-corrected chi connectivity index (χ4v) is 5.02. The number of nitrogens with one attached hydrogen (secondary N) is 2. The van der Waals surface area contributed by atoms with Gasteiger partial charge in [-0.15, -0.1) is 0 Å². The van der Waals surface area contributed by atoms with E-state index in [-0.39, 0.29) is 5.56 Å². The van der Waals surface area contributed by atoms with Crippen LogP contribution in [0.25, 0.3) is 11.3 Å². The van der Waals surface area contributed by atoms with E-state index >= 15 is 0 Å². The van der Waals surface area contributed by atoms with Crippen LogP contribution in [-0.4, -0.2) is 20.2 Å². The maximum atomic E-state index is 12.6. The van der Waals surface area contributed by atoms with Crippen LogP contribution in [0.1, 0.15) is 61.5 Å². The highest BCUT2D eigenvalue weighted by molar-refractivity contribution is 7.98. The van der Waals surface area contributed by atoms with E-state index in [1.807, 2.05) is 6.92 Å². The Balaban J connectivity index is 1.46. The first kappa shape index (κ1) is 20.9. The molecule has 0 aliphatic heterocycles. The van der Waals surface area contributed by atoms with Crippen molar-refractivity contribution in [3.63, 3.8) is 0 Å². The molecule has 0 atom stereocenters. The second kappa shape index (κ2) is 9.65. The third kappa shape index (κ3) is 5.04. The molecule has 0 saturated heterocycles. The Morgan fingerprint density at radius 3 is 2.63 bits per heavy atom. The number of nitrogens with zero attached hydrogens (tertiary/aromatic N) is 2. The summed E-state index contributed by atoms with van der Waals surface area (Å²) in [5.41, 5.74) is 6.19. The number of hydrogen-bond donors (Lipinski definition) is 2. The summed E-state index contributed by atoms with van der Waals surface area (Å²) < 4.78 is 0. The van der Waals surface area contributed by atoms with Gasteiger partial charge in [0, 0.05) is 11.3 Å². The third-order valence-electron chi connectivity index (χ3n) is 5.99. The molecule has 4 rings (SSSR count). The van der Waals surface area contributed by atoms with Gasteiger partial charge in [0.1, 0.15) is 0 Å². The van der Waals surface area contributed by atoms with Crippen molar-refractivity contribution >= 4 is 11.8 Å². The van der Waals surface area contributed by atoms with Crippen molar-refractivity contribution in [1.82, 2.24) is 20.2 Å². The SMILES string of the molecule is CCc1c(CC2CCCCC2)nc(SCc2cc(-c3ccc(C)cc3)[nH]n2)[nH]c1=O. The Morgan fingerprint density at radius 1 is 1.13 bits per heavy atom. The normalized spacial score (nSPS) is 14.9. The molecule has 3 aromatic rings. The fraction of sp³-hybridized carbons (Fsp3) is 0.458. The van der Waals surface area contributed by atoms with E-state index in [0.29, 0.717) is 16.8 Å². The summed E-state index contributed by atoms with van der Waals surface area (Å²) in [7, 11) is 0. The quantitative estimate of drug-likeness (QED) is 0.392. The predicted octanol–water partition coefficient (Wildman–Crippen LogP) is 5.45. The van der Waals surface area contributed by atoms with Gasteiger partial charge < -0.3 is 4.98 Å². The van der Waals surface area contributed by atoms with E-state index in [0.717, 1.165) is 41.1 Å². The first-order valence-electron chi connectivity index (χ1n) is 11.0. The Kier molecular flexibility index (Phi) is 6.72. The standard InChI is InChI=1S/C24H30N4OS/c1-3-20-22(13-17-7-5-4-6-8-17)25-24(26-23(20)29)30-15-19-14-21(28-27-19)18-11-9-16(2)10-12-18/h9-12,14,17H,3-8,13,15H2,1-2H3,(H,27,28)(H,25,26,29). The number of benzene rings is 1. The zero-order valence-corrected chi connectivity index (χ0v) is 18.6. The molecule has 0 bridgehead atoms. The highest BCUT2D eigenvalue weighted by Crippen LogP contribution is 2.28. The van der Waals surface area contributed by atoms with Gasteiger partial charge in [0.2, 0.25) is 0 Å². The van der Waals surface area contributed by atoms with Crippen LogP contribution in [0.3, 0.4) is 0 Å². The molecule has 158 valence electrons. The molecular formula is C24H30N4OS. The Labute approximate surface area is 182 Å². The van der Waals surface area contributed by atoms with Crippen LogP contribution < -0.4 is 5.56 Å². The van der Waals surface area contributed by atoms with E-state index < -0.39 is 0 Å². The molecule has 1 aliphatic rings. The molecule has 1 fully saturated rings. The van der Waals surface area contributed by atoms with Gasteiger partial charge in [-0.1, -0.05) is 80.6 Å². The lowest BCUT2D eigenvalue weighted by Crippen LogP contribution is -2.21. The summed E-state index contributed by atoms with van der Waals surface area (Å²) in [6.45, 7) is 4.12. The van der Waals surface area contributed by atoms with Crippen LogP contribution in [0.15, 0.2) is 40.3 Å². The second-order valence-corrected chi connectivity index (χ2v) is 9.25. The highest BCUT2D eigenvalue weighted by atomic mass is 32.2. The number of rotatable bonds is 7. The van der Waals surface area contributed by atoms with Crippen molar-refractivity contribution in [2.45, 2.75) is 69.7 Å². The van der Waals surface area contributed by atoms with E-state index in [1.54, 1.807) is 11.8 Å². The number of aromatic amines is 2. The molecule has 2 heterocycles. The number of H-pyrrole nitrogens is 2. The maximum Gasteiger partial charge on any atom is 0.254 e. The molecule has 0 amide bonds. The van der Waals surface area contributed by atoms with Gasteiger partial charge >= 0.3 is 0 Å². The van der Waals surface area contributed by atoms with Gasteiger partial charge in [-0.2, -0.15) is 5.10 Å². The topological polar surface area (TPSA) is 74.4 Å². The molecule has 0 unspecified atom stereocenters. The van der Waals surface area contributed by atoms with Crippen molar-refractivity contribution in [1.29, 1.82) is 0 Å². The summed E-state index contributed by atoms with van der Waals surface area (Å²) in [6.07, 6.45) is 8.13. The van der Waals surface area contributed by atoms with Crippen LogP contribution in [-0.2, 0) is 18.6 Å². The van der Waals surface area contributed by atoms with Crippen LogP contribution in [0.2, 0.25) is 0 Å². The Hall–Kier alpha value is -2.34. The Morgan fingerprint density at radius 2 is 1.90 bits per heavy atom. The summed E-state index contributed by atoms with van der Waals surface area (Å²) in [6, 6.07) is 10.5.